The van der Waals surface area contributed by atoms with E-state index in [-0.39, 0.29) is 5.38 Å². The van der Waals surface area contributed by atoms with Crippen molar-refractivity contribution in [2.45, 2.75) is 70.0 Å². The van der Waals surface area contributed by atoms with Crippen LogP contribution in [0.2, 0.25) is 0 Å². The monoisotopic (exact) mass is 270 g/mol. The highest BCUT2D eigenvalue weighted by atomic mass is 35.5. The van der Waals surface area contributed by atoms with E-state index in [1.165, 1.54) is 25.7 Å². The van der Waals surface area contributed by atoms with Gasteiger partial charge in [0.15, 0.2) is 0 Å². The topological polar surface area (TPSA) is 42.7 Å². The van der Waals surface area contributed by atoms with Crippen LogP contribution >= 0.6 is 11.6 Å². The predicted octanol–water partition coefficient (Wildman–Crippen LogP) is 2.72. The number of aryl methyl sites for hydroxylation is 1. The fourth-order valence-corrected chi connectivity index (χ4v) is 2.91. The minimum Gasteiger partial charge on any atom is -0.306 e. The van der Waals surface area contributed by atoms with Gasteiger partial charge in [0, 0.05) is 18.0 Å². The number of rotatable bonds is 5. The van der Waals surface area contributed by atoms with Crippen molar-refractivity contribution < 1.29 is 0 Å². The molecular formula is C13H23ClN4. The summed E-state index contributed by atoms with van der Waals surface area (Å²) in [5.41, 5.74) is 0. The first-order chi connectivity index (χ1) is 8.81. The Hall–Kier alpha value is -0.610. The molecule has 2 rings (SSSR count). The highest BCUT2D eigenvalue weighted by Gasteiger charge is 2.21. The lowest BCUT2D eigenvalue weighted by Gasteiger charge is -2.21. The van der Waals surface area contributed by atoms with Gasteiger partial charge in [-0.2, -0.15) is 5.10 Å². The molecular weight excluding hydrogens is 248 g/mol. The molecule has 0 aliphatic heterocycles. The van der Waals surface area contributed by atoms with Crippen molar-refractivity contribution in [1.82, 2.24) is 20.1 Å². The summed E-state index contributed by atoms with van der Waals surface area (Å²) in [6, 6.07) is 0.418. The van der Waals surface area contributed by atoms with E-state index in [0.29, 0.717) is 6.04 Å². The lowest BCUT2D eigenvalue weighted by Crippen LogP contribution is -2.36. The number of nitrogens with zero attached hydrogens (tertiary/aromatic N) is 3. The molecule has 1 aromatic heterocycles. The number of aromatic nitrogens is 3. The summed E-state index contributed by atoms with van der Waals surface area (Å²) in [5.74, 6) is 1.02. The highest BCUT2D eigenvalue weighted by Crippen LogP contribution is 2.22. The molecule has 1 fully saturated rings. The van der Waals surface area contributed by atoms with Crippen molar-refractivity contribution in [2.75, 3.05) is 0 Å². The van der Waals surface area contributed by atoms with Crippen LogP contribution in [-0.2, 0) is 13.1 Å². The Morgan fingerprint density at radius 3 is 3.06 bits per heavy atom. The third kappa shape index (κ3) is 3.69. The largest absolute Gasteiger partial charge is 0.306 e. The smallest absolute Gasteiger partial charge is 0.140 e. The van der Waals surface area contributed by atoms with Crippen LogP contribution in [0.15, 0.2) is 6.33 Å². The summed E-state index contributed by atoms with van der Waals surface area (Å²) in [4.78, 5) is 4.31. The zero-order chi connectivity index (χ0) is 12.8. The van der Waals surface area contributed by atoms with E-state index in [2.05, 4.69) is 22.3 Å². The van der Waals surface area contributed by atoms with Crippen LogP contribution < -0.4 is 5.32 Å². The van der Waals surface area contributed by atoms with E-state index in [1.807, 2.05) is 4.68 Å². The Labute approximate surface area is 114 Å². The molecule has 0 bridgehead atoms. The van der Waals surface area contributed by atoms with Gasteiger partial charge in [-0.1, -0.05) is 26.2 Å². The number of hydrogen-bond acceptors (Lipinski definition) is 3. The molecule has 4 nitrogen and oxygen atoms in total. The van der Waals surface area contributed by atoms with Gasteiger partial charge in [-0.15, -0.1) is 11.6 Å². The van der Waals surface area contributed by atoms with E-state index >= 15 is 0 Å². The van der Waals surface area contributed by atoms with Gasteiger partial charge in [0.2, 0.25) is 0 Å². The van der Waals surface area contributed by atoms with Gasteiger partial charge in [-0.3, -0.25) is 0 Å². The van der Waals surface area contributed by atoms with Crippen molar-refractivity contribution >= 4 is 11.6 Å². The minimum absolute atomic E-state index is 0.259. The van der Waals surface area contributed by atoms with E-state index in [4.69, 9.17) is 11.6 Å². The summed E-state index contributed by atoms with van der Waals surface area (Å²) in [6.07, 6.45) is 8.88. The minimum atomic E-state index is 0.259. The Bertz CT molecular complexity index is 353. The molecule has 0 aromatic carbocycles. The van der Waals surface area contributed by atoms with Crippen molar-refractivity contribution in [2.24, 2.45) is 0 Å². The van der Waals surface area contributed by atoms with Crippen LogP contribution in [-0.4, -0.2) is 26.2 Å². The zero-order valence-electron chi connectivity index (χ0n) is 11.1. The molecule has 18 heavy (non-hydrogen) atoms. The maximum atomic E-state index is 6.42. The molecule has 1 aromatic rings. The summed E-state index contributed by atoms with van der Waals surface area (Å²) >= 11 is 6.42. The van der Waals surface area contributed by atoms with E-state index in [0.717, 1.165) is 31.8 Å². The van der Waals surface area contributed by atoms with Crippen molar-refractivity contribution in [3.8, 4) is 0 Å². The molecule has 1 N–H and O–H groups in total. The lowest BCUT2D eigenvalue weighted by atomic mass is 10.1. The molecule has 2 unspecified atom stereocenters. The van der Waals surface area contributed by atoms with Gasteiger partial charge in [-0.05, 0) is 19.3 Å². The fourth-order valence-electron chi connectivity index (χ4n) is 2.54. The predicted molar refractivity (Wildman–Crippen MR) is 73.7 cm³/mol. The molecule has 1 heterocycles. The average Bonchev–Trinajstić information content (AvgIpc) is 2.70. The van der Waals surface area contributed by atoms with Crippen LogP contribution in [0, 0.1) is 0 Å². The normalized spacial score (nSPS) is 25.0. The van der Waals surface area contributed by atoms with Gasteiger partial charge in [0.25, 0.3) is 0 Å². The third-order valence-corrected chi connectivity index (χ3v) is 4.11. The Morgan fingerprint density at radius 2 is 2.22 bits per heavy atom. The van der Waals surface area contributed by atoms with Gasteiger partial charge in [0.1, 0.15) is 12.2 Å². The number of alkyl halides is 1. The van der Waals surface area contributed by atoms with Crippen molar-refractivity contribution in [3.63, 3.8) is 0 Å². The second-order valence-corrected chi connectivity index (χ2v) is 5.60. The van der Waals surface area contributed by atoms with Crippen LogP contribution in [0.25, 0.3) is 0 Å². The molecule has 0 amide bonds. The molecule has 1 aliphatic carbocycles. The molecule has 1 saturated carbocycles. The van der Waals surface area contributed by atoms with Crippen molar-refractivity contribution in [1.29, 1.82) is 0 Å². The fraction of sp³-hybridized carbons (Fsp3) is 0.846. The maximum Gasteiger partial charge on any atom is 0.140 e. The third-order valence-electron chi connectivity index (χ3n) is 3.59. The second-order valence-electron chi connectivity index (χ2n) is 5.04. The van der Waals surface area contributed by atoms with E-state index in [9.17, 15) is 0 Å². The molecule has 1 aliphatic rings. The first kappa shape index (κ1) is 13.8. The maximum absolute atomic E-state index is 6.42. The molecule has 0 spiro atoms. The molecule has 102 valence electrons. The average molecular weight is 271 g/mol. The number of hydrogen-bond donors (Lipinski definition) is 1. The molecule has 5 heteroatoms. The first-order valence-electron chi connectivity index (χ1n) is 7.05. The standard InChI is InChI=1S/C13H23ClN4/c1-2-8-18-13(16-10-17-18)9-15-12-7-5-3-4-6-11(12)14/h10-12,15H,2-9H2,1H3. The molecule has 2 atom stereocenters. The second kappa shape index (κ2) is 7.10. The van der Waals surface area contributed by atoms with Gasteiger partial charge in [0.05, 0.1) is 6.54 Å². The van der Waals surface area contributed by atoms with Gasteiger partial charge >= 0.3 is 0 Å². The van der Waals surface area contributed by atoms with Gasteiger partial charge < -0.3 is 5.32 Å². The summed E-state index contributed by atoms with van der Waals surface area (Å²) in [5, 5.41) is 8.06. The quantitative estimate of drug-likeness (QED) is 0.661. The van der Waals surface area contributed by atoms with Gasteiger partial charge in [-0.25, -0.2) is 9.67 Å². The first-order valence-corrected chi connectivity index (χ1v) is 7.49. The number of halogens is 1. The summed E-state index contributed by atoms with van der Waals surface area (Å²) in [6.45, 7) is 3.86. The van der Waals surface area contributed by atoms with Crippen LogP contribution in [0.5, 0.6) is 0 Å². The number of nitrogens with one attached hydrogen (secondary N) is 1. The van der Waals surface area contributed by atoms with Crippen LogP contribution in [0.3, 0.4) is 0 Å². The summed E-state index contributed by atoms with van der Waals surface area (Å²) in [7, 11) is 0. The molecule has 0 saturated heterocycles. The molecule has 0 radical (unpaired) electrons. The van der Waals surface area contributed by atoms with E-state index in [1.54, 1.807) is 6.33 Å². The Balaban J connectivity index is 1.87. The lowest BCUT2D eigenvalue weighted by molar-refractivity contribution is 0.444. The van der Waals surface area contributed by atoms with Crippen LogP contribution in [0.4, 0.5) is 0 Å². The van der Waals surface area contributed by atoms with Crippen molar-refractivity contribution in [3.05, 3.63) is 12.2 Å². The Kier molecular flexibility index (Phi) is 5.45. The van der Waals surface area contributed by atoms with Crippen LogP contribution in [0.1, 0.15) is 51.3 Å². The Morgan fingerprint density at radius 1 is 1.39 bits per heavy atom. The van der Waals surface area contributed by atoms with E-state index < -0.39 is 0 Å². The zero-order valence-corrected chi connectivity index (χ0v) is 11.9. The summed E-state index contributed by atoms with van der Waals surface area (Å²) < 4.78 is 1.98. The SMILES string of the molecule is CCCn1ncnc1CNC1CCCCCC1Cl. The highest BCUT2D eigenvalue weighted by molar-refractivity contribution is 6.21.